The molecule has 2 fully saturated rings. The molecule has 2 aliphatic heterocycles. The van der Waals surface area contributed by atoms with E-state index >= 15 is 0 Å². The van der Waals surface area contributed by atoms with Crippen molar-refractivity contribution in [2.24, 2.45) is 0 Å². The van der Waals surface area contributed by atoms with Crippen LogP contribution in [-0.2, 0) is 20.8 Å². The third-order valence-corrected chi connectivity index (χ3v) is 5.80. The molecule has 2 saturated heterocycles. The number of benzene rings is 2. The van der Waals surface area contributed by atoms with Crippen LogP contribution in [0, 0.1) is 28.8 Å². The number of nitrogens with one attached hydrogen (secondary N) is 2. The molecule has 33 heavy (non-hydrogen) atoms. The first-order valence-corrected chi connectivity index (χ1v) is 10.3. The summed E-state index contributed by atoms with van der Waals surface area (Å²) in [4.78, 5) is 37.1. The fraction of sp³-hybridized carbons (Fsp3) is 0.304. The predicted molar refractivity (Wildman–Crippen MR) is 110 cm³/mol. The Balaban J connectivity index is 1.35. The number of carbonyl (C=O) groups excluding carboxylic acids is 3. The number of anilines is 1. The molecule has 4 rings (SSSR count). The van der Waals surface area contributed by atoms with E-state index in [1.807, 2.05) is 6.07 Å². The fourth-order valence-corrected chi connectivity index (χ4v) is 4.05. The Labute approximate surface area is 187 Å². The second kappa shape index (κ2) is 8.94. The van der Waals surface area contributed by atoms with Gasteiger partial charge >= 0.3 is 0 Å². The topological polar surface area (TPSA) is 102 Å². The van der Waals surface area contributed by atoms with E-state index in [-0.39, 0.29) is 47.7 Å². The zero-order valence-electron chi connectivity index (χ0n) is 17.3. The number of carbonyl (C=O) groups is 3. The highest BCUT2D eigenvalue weighted by atomic mass is 19.1. The van der Waals surface area contributed by atoms with Crippen LogP contribution in [0.3, 0.4) is 0 Å². The van der Waals surface area contributed by atoms with Gasteiger partial charge in [0, 0.05) is 30.8 Å². The van der Waals surface area contributed by atoms with Gasteiger partial charge in [-0.2, -0.15) is 5.26 Å². The molecule has 3 amide bonds. The van der Waals surface area contributed by atoms with Crippen LogP contribution in [-0.4, -0.2) is 36.9 Å². The quantitative estimate of drug-likeness (QED) is 0.671. The number of hydrogen-bond donors (Lipinski definition) is 2. The van der Waals surface area contributed by atoms with E-state index in [9.17, 15) is 27.6 Å². The van der Waals surface area contributed by atoms with Crippen molar-refractivity contribution >= 4 is 23.4 Å². The van der Waals surface area contributed by atoms with Crippen LogP contribution in [0.2, 0.25) is 0 Å². The van der Waals surface area contributed by atoms with Gasteiger partial charge in [0.15, 0.2) is 0 Å². The number of halogens is 3. The van der Waals surface area contributed by atoms with E-state index in [4.69, 9.17) is 5.26 Å². The van der Waals surface area contributed by atoms with Gasteiger partial charge < -0.3 is 10.2 Å². The van der Waals surface area contributed by atoms with Crippen molar-refractivity contribution in [1.82, 2.24) is 10.6 Å². The molecule has 0 spiro atoms. The van der Waals surface area contributed by atoms with Gasteiger partial charge in [0.1, 0.15) is 17.5 Å². The highest BCUT2D eigenvalue weighted by Gasteiger charge is 2.34. The minimum Gasteiger partial charge on any atom is -0.367 e. The smallest absolute Gasteiger partial charge is 0.234 e. The summed E-state index contributed by atoms with van der Waals surface area (Å²) in [6.07, 6.45) is -0.148. The number of imide groups is 1. The molecule has 7 nitrogen and oxygen atoms in total. The van der Waals surface area contributed by atoms with Gasteiger partial charge in [-0.25, -0.2) is 13.2 Å². The van der Waals surface area contributed by atoms with E-state index < -0.39 is 41.1 Å². The molecular formula is C23H19F3N4O3. The van der Waals surface area contributed by atoms with Crippen LogP contribution >= 0.6 is 0 Å². The maximum atomic E-state index is 14.7. The van der Waals surface area contributed by atoms with Gasteiger partial charge in [-0.15, -0.1) is 0 Å². The molecule has 2 N–H and O–H groups in total. The summed E-state index contributed by atoms with van der Waals surface area (Å²) >= 11 is 0. The van der Waals surface area contributed by atoms with Crippen LogP contribution < -0.4 is 15.5 Å². The fourth-order valence-electron chi connectivity index (χ4n) is 4.05. The zero-order valence-corrected chi connectivity index (χ0v) is 17.3. The van der Waals surface area contributed by atoms with E-state index in [1.54, 1.807) is 4.90 Å². The first-order valence-electron chi connectivity index (χ1n) is 10.3. The minimum atomic E-state index is -1.07. The summed E-state index contributed by atoms with van der Waals surface area (Å²) in [6, 6.07) is 7.68. The van der Waals surface area contributed by atoms with E-state index in [1.165, 1.54) is 12.1 Å². The summed E-state index contributed by atoms with van der Waals surface area (Å²) in [5, 5.41) is 13.6. The van der Waals surface area contributed by atoms with Crippen molar-refractivity contribution in [2.75, 3.05) is 18.0 Å². The van der Waals surface area contributed by atoms with Gasteiger partial charge in [-0.1, -0.05) is 6.07 Å². The molecule has 170 valence electrons. The van der Waals surface area contributed by atoms with E-state index in [0.717, 1.165) is 18.2 Å². The second-order valence-corrected chi connectivity index (χ2v) is 8.09. The van der Waals surface area contributed by atoms with Crippen molar-refractivity contribution in [2.45, 2.75) is 31.2 Å². The van der Waals surface area contributed by atoms with Crippen molar-refractivity contribution < 1.29 is 27.6 Å². The Morgan fingerprint density at radius 2 is 1.82 bits per heavy atom. The number of amides is 3. The lowest BCUT2D eigenvalue weighted by Gasteiger charge is -2.41. The molecule has 0 radical (unpaired) electrons. The van der Waals surface area contributed by atoms with Crippen LogP contribution in [0.1, 0.15) is 35.4 Å². The van der Waals surface area contributed by atoms with Gasteiger partial charge in [-0.05, 0) is 36.2 Å². The molecule has 10 heteroatoms. The van der Waals surface area contributed by atoms with Crippen molar-refractivity contribution in [1.29, 1.82) is 5.26 Å². The molecule has 0 aliphatic carbocycles. The van der Waals surface area contributed by atoms with Crippen LogP contribution in [0.4, 0.5) is 18.9 Å². The maximum absolute atomic E-state index is 14.7. The molecule has 1 unspecified atom stereocenters. The van der Waals surface area contributed by atoms with Gasteiger partial charge in [0.05, 0.1) is 30.0 Å². The molecule has 2 aromatic carbocycles. The van der Waals surface area contributed by atoms with E-state index in [0.29, 0.717) is 13.1 Å². The molecule has 2 aromatic rings. The minimum absolute atomic E-state index is 0.0108. The summed E-state index contributed by atoms with van der Waals surface area (Å²) < 4.78 is 43.3. The van der Waals surface area contributed by atoms with Crippen molar-refractivity contribution in [3.8, 4) is 6.07 Å². The Morgan fingerprint density at radius 1 is 1.12 bits per heavy atom. The zero-order chi connectivity index (χ0) is 23.7. The van der Waals surface area contributed by atoms with Gasteiger partial charge in [-0.3, -0.25) is 19.7 Å². The third kappa shape index (κ3) is 4.67. The molecular weight excluding hydrogens is 437 g/mol. The van der Waals surface area contributed by atoms with Crippen LogP contribution in [0.15, 0.2) is 30.3 Å². The van der Waals surface area contributed by atoms with Crippen molar-refractivity contribution in [3.05, 3.63) is 64.5 Å². The highest BCUT2D eigenvalue weighted by molar-refractivity contribution is 6.01. The largest absolute Gasteiger partial charge is 0.367 e. The first kappa shape index (κ1) is 22.3. The number of piperidine rings is 1. The standard InChI is InChI=1S/C23H19F3N4O3/c24-17-5-12(9-27)1-2-13(17)6-21(32)28-14-10-30(11-14)15-7-18(25)22(19(26)8-15)16-3-4-20(31)29-23(16)33/h1-2,5,7-8,14,16H,3-4,6,10-11H2,(H,28,32)(H,29,31,33). The molecule has 0 saturated carbocycles. The van der Waals surface area contributed by atoms with E-state index in [2.05, 4.69) is 10.6 Å². The highest BCUT2D eigenvalue weighted by Crippen LogP contribution is 2.33. The first-order chi connectivity index (χ1) is 15.7. The SMILES string of the molecule is N#Cc1ccc(CC(=O)NC2CN(c3cc(F)c(C4CCC(=O)NC4=O)c(F)c3)C2)c(F)c1. The third-order valence-electron chi connectivity index (χ3n) is 5.80. The Kier molecular flexibility index (Phi) is 6.05. The summed E-state index contributed by atoms with van der Waals surface area (Å²) in [5.74, 6) is -5.05. The van der Waals surface area contributed by atoms with Crippen molar-refractivity contribution in [3.63, 3.8) is 0 Å². The summed E-state index contributed by atoms with van der Waals surface area (Å²) in [5.41, 5.74) is 0.230. The average molecular weight is 456 g/mol. The van der Waals surface area contributed by atoms with Crippen LogP contribution in [0.5, 0.6) is 0 Å². The summed E-state index contributed by atoms with van der Waals surface area (Å²) in [7, 11) is 0. The van der Waals surface area contributed by atoms with Gasteiger partial charge in [0.2, 0.25) is 17.7 Å². The lowest BCUT2D eigenvalue weighted by atomic mass is 9.89. The lowest BCUT2D eigenvalue weighted by molar-refractivity contribution is -0.134. The maximum Gasteiger partial charge on any atom is 0.234 e. The average Bonchev–Trinajstić information content (AvgIpc) is 2.72. The lowest BCUT2D eigenvalue weighted by Crippen LogP contribution is -2.59. The number of nitrogens with zero attached hydrogens (tertiary/aromatic N) is 2. The van der Waals surface area contributed by atoms with Gasteiger partial charge in [0.25, 0.3) is 0 Å². The Bertz CT molecular complexity index is 1160. The molecule has 0 aromatic heterocycles. The molecule has 2 aliphatic rings. The normalized spacial score (nSPS) is 18.4. The summed E-state index contributed by atoms with van der Waals surface area (Å²) in [6.45, 7) is 0.608. The second-order valence-electron chi connectivity index (χ2n) is 8.09. The Hall–Kier alpha value is -3.87. The monoisotopic (exact) mass is 456 g/mol. The molecule has 2 heterocycles. The predicted octanol–water partition coefficient (Wildman–Crippen LogP) is 2.04. The molecule has 0 bridgehead atoms. The number of hydrogen-bond acceptors (Lipinski definition) is 5. The number of rotatable bonds is 5. The number of nitriles is 1. The molecule has 1 atom stereocenters. The Morgan fingerprint density at radius 3 is 2.42 bits per heavy atom. The van der Waals surface area contributed by atoms with Crippen LogP contribution in [0.25, 0.3) is 0 Å².